The fourth-order valence-electron chi connectivity index (χ4n) is 10.5. The summed E-state index contributed by atoms with van der Waals surface area (Å²) in [5, 5.41) is 8.24. The van der Waals surface area contributed by atoms with Gasteiger partial charge in [-0.1, -0.05) is 57.2 Å². The minimum absolute atomic E-state index is 0.0206. The lowest BCUT2D eigenvalue weighted by Gasteiger charge is -2.55. The maximum absolute atomic E-state index is 12.6. The van der Waals surface area contributed by atoms with Crippen LogP contribution in [0, 0.1) is 29.1 Å². The topological polar surface area (TPSA) is 245 Å². The molecule has 0 aromatic heterocycles. The van der Waals surface area contributed by atoms with Crippen molar-refractivity contribution in [1.82, 2.24) is 16.0 Å². The first-order chi connectivity index (χ1) is 44.3. The number of benzene rings is 1. The number of ether oxygens (including phenoxy) is 6. The second kappa shape index (κ2) is 44.4. The number of rotatable bonds is 31. The zero-order valence-electron chi connectivity index (χ0n) is 62.9. The van der Waals surface area contributed by atoms with Crippen LogP contribution in [0.5, 0.6) is 0 Å². The summed E-state index contributed by atoms with van der Waals surface area (Å²) in [5.74, 6) is -0.508. The molecule has 6 rings (SSSR count). The molecule has 0 atom stereocenters. The third-order valence-corrected chi connectivity index (χ3v) is 15.7. The molecule has 0 unspecified atom stereocenters. The fraction of sp³-hybridized carbons (Fsp3) is 0.708. The number of esters is 6. The van der Waals surface area contributed by atoms with E-state index in [2.05, 4.69) is 99.1 Å². The Balaban J connectivity index is 0.00000115. The summed E-state index contributed by atoms with van der Waals surface area (Å²) in [6, 6.07) is 8.53. The molecular weight excluding hydrogens is 1230 g/mol. The van der Waals surface area contributed by atoms with Crippen molar-refractivity contribution < 1.29 is 98.5 Å². The zero-order valence-corrected chi connectivity index (χ0v) is 62.9. The second-order valence-electron chi connectivity index (χ2n) is 31.8. The molecule has 548 valence electrons. The number of hydrogen-bond donors (Lipinski definition) is 3. The lowest BCUT2D eigenvalue weighted by Crippen LogP contribution is -2.50. The van der Waals surface area contributed by atoms with E-state index in [0.717, 1.165) is 113 Å². The lowest BCUT2D eigenvalue weighted by molar-refractivity contribution is -0.870. The third kappa shape index (κ3) is 48.2. The van der Waals surface area contributed by atoms with E-state index < -0.39 is 23.9 Å². The van der Waals surface area contributed by atoms with Crippen molar-refractivity contribution in [2.24, 2.45) is 29.1 Å². The van der Waals surface area contributed by atoms with Gasteiger partial charge in [0.2, 0.25) is 17.7 Å². The van der Waals surface area contributed by atoms with Crippen LogP contribution in [-0.2, 0) is 66.8 Å². The molecule has 24 nitrogen and oxygen atoms in total. The molecule has 1 aromatic rings. The predicted octanol–water partition coefficient (Wildman–Crippen LogP) is 5.21. The first kappa shape index (κ1) is 89.4. The van der Waals surface area contributed by atoms with Gasteiger partial charge >= 0.3 is 35.8 Å². The molecule has 4 bridgehead atoms. The van der Waals surface area contributed by atoms with Gasteiger partial charge < -0.3 is 71.3 Å². The SMILES string of the molecule is C=C(C)C(=O)NCC[N+](C)(C)C.C=CC(=O)NCCC[N+](C)(C)C.C=CC(=O)NCC[N+](C)(C)C.C[N+](C)(C)CCOC(=O)COC(=O)C12CC3CC(CC(C3)C1)C2.C[N+](C)(C)CCOC(=O)COC(=O)C1CCCCC1.C[N+](C)(C)CCOC(=O)COC(=O)c1ccccc1. The Morgan fingerprint density at radius 3 is 1.21 bits per heavy atom. The highest BCUT2D eigenvalue weighted by molar-refractivity contribution is 5.92. The van der Waals surface area contributed by atoms with Gasteiger partial charge in [0.15, 0.2) is 19.8 Å². The van der Waals surface area contributed by atoms with Gasteiger partial charge in [0.1, 0.15) is 39.5 Å². The number of quaternary nitrogens is 6. The van der Waals surface area contributed by atoms with Crippen LogP contribution < -0.4 is 16.0 Å². The molecule has 5 saturated carbocycles. The van der Waals surface area contributed by atoms with E-state index in [1.807, 2.05) is 63.4 Å². The summed E-state index contributed by atoms with van der Waals surface area (Å²) in [6.07, 6.45) is 15.5. The van der Waals surface area contributed by atoms with Crippen LogP contribution in [0.3, 0.4) is 0 Å². The number of hydrogen-bond acceptors (Lipinski definition) is 15. The average molecular weight is 1360 g/mol. The van der Waals surface area contributed by atoms with Crippen LogP contribution in [0.4, 0.5) is 0 Å². The van der Waals surface area contributed by atoms with Crippen molar-refractivity contribution in [2.45, 2.75) is 84.0 Å². The van der Waals surface area contributed by atoms with Crippen LogP contribution in [-0.4, -0.2) is 306 Å². The maximum Gasteiger partial charge on any atom is 0.344 e. The van der Waals surface area contributed by atoms with Gasteiger partial charge in [-0.3, -0.25) is 24.0 Å². The molecule has 3 N–H and O–H groups in total. The second-order valence-corrected chi connectivity index (χ2v) is 31.8. The van der Waals surface area contributed by atoms with E-state index in [9.17, 15) is 43.2 Å². The number of likely N-dealkylation sites (N-methyl/N-ethyl adjacent to an activating group) is 5. The summed E-state index contributed by atoms with van der Waals surface area (Å²) < 4.78 is 35.2. The van der Waals surface area contributed by atoms with Gasteiger partial charge in [0.05, 0.1) is 176 Å². The summed E-state index contributed by atoms with van der Waals surface area (Å²) in [6.45, 7) is 19.4. The predicted molar refractivity (Wildman–Crippen MR) is 375 cm³/mol. The van der Waals surface area contributed by atoms with Gasteiger partial charge in [0, 0.05) is 18.5 Å². The molecule has 1 aromatic carbocycles. The van der Waals surface area contributed by atoms with E-state index in [1.54, 1.807) is 37.3 Å². The molecule has 0 radical (unpaired) electrons. The molecule has 5 aliphatic rings. The van der Waals surface area contributed by atoms with Crippen molar-refractivity contribution in [3.63, 3.8) is 0 Å². The van der Waals surface area contributed by atoms with Gasteiger partial charge in [-0.25, -0.2) is 19.2 Å². The Morgan fingerprint density at radius 1 is 0.469 bits per heavy atom. The highest BCUT2D eigenvalue weighted by atomic mass is 16.6. The zero-order chi connectivity index (χ0) is 73.6. The van der Waals surface area contributed by atoms with Crippen LogP contribution in [0.1, 0.15) is 94.3 Å². The normalized spacial score (nSPS) is 17.9. The fourth-order valence-corrected chi connectivity index (χ4v) is 10.5. The van der Waals surface area contributed by atoms with Crippen molar-refractivity contribution in [3.8, 4) is 0 Å². The monoisotopic (exact) mass is 1360 g/mol. The minimum atomic E-state index is -0.530. The van der Waals surface area contributed by atoms with Crippen molar-refractivity contribution >= 4 is 53.5 Å². The smallest absolute Gasteiger partial charge is 0.344 e. The maximum atomic E-state index is 12.6. The van der Waals surface area contributed by atoms with Crippen molar-refractivity contribution in [3.05, 3.63) is 73.4 Å². The Kier molecular flexibility index (Phi) is 41.3. The first-order valence-corrected chi connectivity index (χ1v) is 33.9. The average Bonchev–Trinajstić information content (AvgIpc) is 0.745. The lowest BCUT2D eigenvalue weighted by atomic mass is 9.49. The number of carbonyl (C=O) groups excluding carboxylic acids is 9. The van der Waals surface area contributed by atoms with E-state index in [0.29, 0.717) is 72.8 Å². The molecule has 5 fully saturated rings. The Labute approximate surface area is 577 Å². The van der Waals surface area contributed by atoms with Gasteiger partial charge in [-0.05, 0) is 100 Å². The number of amides is 3. The van der Waals surface area contributed by atoms with Crippen LogP contribution in [0.15, 0.2) is 67.8 Å². The summed E-state index contributed by atoms with van der Waals surface area (Å²) in [4.78, 5) is 103. The molecule has 0 aliphatic heterocycles. The molecule has 5 aliphatic carbocycles. The highest BCUT2D eigenvalue weighted by Gasteiger charge is 2.55. The Morgan fingerprint density at radius 2 is 0.833 bits per heavy atom. The molecule has 24 heteroatoms. The molecule has 0 heterocycles. The van der Waals surface area contributed by atoms with Crippen molar-refractivity contribution in [1.29, 1.82) is 0 Å². The standard InChI is InChI=1S/C18H30NO4.C14H26NO4.C14H20NO4.2C9H18N2O.C8H16N2O/c1-19(2,3)4-5-22-16(20)12-23-17(21)18-9-13-6-14(10-18)8-15(7-13)11-18;2*1-15(2,3)9-10-18-13(16)11-19-14(17)12-7-5-4-6-8-12;1-8(2)9(12)10-6-7-11(3,4)5;1-5-9(12)10-7-6-8-11(2,3)4;1-5-8(11)9-6-7-10(2,3)4/h13-15H,4-12H2,1-3H3;12H,4-11H2,1-3H3;4-8H,9-11H2,1-3H3;1,6-7H2,2-5H3;5H,1,6-8H2,2-4H3;5H,1,6-7H2,2-4H3/q3*+1;;;/p+3. The van der Waals surface area contributed by atoms with Gasteiger partial charge in [-0.2, -0.15) is 0 Å². The Bertz CT molecular complexity index is 2530. The van der Waals surface area contributed by atoms with Crippen molar-refractivity contribution in [2.75, 3.05) is 225 Å². The summed E-state index contributed by atoms with van der Waals surface area (Å²) in [5.41, 5.74) is 0.690. The van der Waals surface area contributed by atoms with Crippen LogP contribution in [0.2, 0.25) is 0 Å². The molecular formula is C72H131N9O15+6. The number of nitrogens with one attached hydrogen (secondary N) is 3. The van der Waals surface area contributed by atoms with Crippen LogP contribution >= 0.6 is 0 Å². The quantitative estimate of drug-likeness (QED) is 0.0284. The number of carbonyl (C=O) groups is 9. The van der Waals surface area contributed by atoms with Gasteiger partial charge in [0.25, 0.3) is 0 Å². The van der Waals surface area contributed by atoms with E-state index >= 15 is 0 Å². The first-order valence-electron chi connectivity index (χ1n) is 33.9. The molecule has 0 spiro atoms. The highest BCUT2D eigenvalue weighted by Crippen LogP contribution is 2.60. The van der Waals surface area contributed by atoms with Gasteiger partial charge in [-0.15, -0.1) is 0 Å². The molecule has 0 saturated heterocycles. The third-order valence-electron chi connectivity index (χ3n) is 15.7. The van der Waals surface area contributed by atoms with Crippen LogP contribution in [0.25, 0.3) is 0 Å². The summed E-state index contributed by atoms with van der Waals surface area (Å²) in [7, 11) is 37.1. The van der Waals surface area contributed by atoms with E-state index in [4.69, 9.17) is 28.4 Å². The number of nitrogens with zero attached hydrogens (tertiary/aromatic N) is 6. The molecule has 96 heavy (non-hydrogen) atoms. The largest absolute Gasteiger partial charge is 0.457 e. The summed E-state index contributed by atoms with van der Waals surface area (Å²) >= 11 is 0. The van der Waals surface area contributed by atoms with E-state index in [1.165, 1.54) is 37.8 Å². The Hall–Kier alpha value is -6.57. The minimum Gasteiger partial charge on any atom is -0.457 e. The molecule has 3 amide bonds. The van der Waals surface area contributed by atoms with E-state index in [-0.39, 0.29) is 60.8 Å².